The standard InChI is InChI=1S/C26H40N2O5/c1-16(2)12-22(26(32)33-19-9-5-6-10-19)27-15-18-8-7-11-28(18)25(31)21-13-20(17(3)4)23(29)14-24(21)30/h13-14,16-19,22,27,29-30H,5-12,15H2,1-4H3/t18-,22+/m1/s1. The zero-order valence-corrected chi connectivity index (χ0v) is 20.5. The number of aromatic hydroxyl groups is 2. The molecular formula is C26H40N2O5. The Morgan fingerprint density at radius 1 is 1.06 bits per heavy atom. The van der Waals surface area contributed by atoms with E-state index < -0.39 is 6.04 Å². The lowest BCUT2D eigenvalue weighted by Crippen LogP contribution is -2.48. The normalized spacial score (nSPS) is 20.1. The molecule has 184 valence electrons. The van der Waals surface area contributed by atoms with Gasteiger partial charge in [-0.15, -0.1) is 0 Å². The van der Waals surface area contributed by atoms with Crippen LogP contribution in [0, 0.1) is 5.92 Å². The van der Waals surface area contributed by atoms with E-state index in [-0.39, 0.29) is 47.0 Å². The number of nitrogens with one attached hydrogen (secondary N) is 1. The average Bonchev–Trinajstić information content (AvgIpc) is 3.42. The van der Waals surface area contributed by atoms with E-state index in [2.05, 4.69) is 19.2 Å². The van der Waals surface area contributed by atoms with Gasteiger partial charge in [0.1, 0.15) is 23.6 Å². The van der Waals surface area contributed by atoms with Crippen LogP contribution in [0.2, 0.25) is 0 Å². The van der Waals surface area contributed by atoms with Crippen LogP contribution in [-0.4, -0.2) is 58.3 Å². The van der Waals surface area contributed by atoms with Crippen LogP contribution in [0.15, 0.2) is 12.1 Å². The number of phenols is 2. The molecule has 1 amide bonds. The van der Waals surface area contributed by atoms with Crippen LogP contribution in [0.25, 0.3) is 0 Å². The quantitative estimate of drug-likeness (QED) is 0.475. The lowest BCUT2D eigenvalue weighted by atomic mass is 9.98. The second-order valence-electron chi connectivity index (χ2n) is 10.3. The molecule has 0 unspecified atom stereocenters. The third-order valence-corrected chi connectivity index (χ3v) is 6.81. The summed E-state index contributed by atoms with van der Waals surface area (Å²) in [6, 6.07) is 2.39. The SMILES string of the molecule is CC(C)C[C@H](NC[C@H]1CCCN1C(=O)c1cc(C(C)C)c(O)cc1O)C(=O)OC1CCCC1. The minimum atomic E-state index is -0.391. The van der Waals surface area contributed by atoms with E-state index in [1.165, 1.54) is 6.07 Å². The predicted molar refractivity (Wildman–Crippen MR) is 128 cm³/mol. The van der Waals surface area contributed by atoms with E-state index in [0.29, 0.717) is 31.0 Å². The fourth-order valence-electron chi connectivity index (χ4n) is 4.96. The average molecular weight is 461 g/mol. The Morgan fingerprint density at radius 3 is 2.39 bits per heavy atom. The number of carbonyl (C=O) groups excluding carboxylic acids is 2. The lowest BCUT2D eigenvalue weighted by Gasteiger charge is -2.28. The van der Waals surface area contributed by atoms with Crippen molar-refractivity contribution in [1.29, 1.82) is 0 Å². The summed E-state index contributed by atoms with van der Waals surface area (Å²) in [6.07, 6.45) is 6.54. The molecule has 7 nitrogen and oxygen atoms in total. The van der Waals surface area contributed by atoms with Gasteiger partial charge in [0.25, 0.3) is 5.91 Å². The Morgan fingerprint density at radius 2 is 1.76 bits per heavy atom. The molecule has 33 heavy (non-hydrogen) atoms. The third-order valence-electron chi connectivity index (χ3n) is 6.81. The van der Waals surface area contributed by atoms with Crippen molar-refractivity contribution < 1.29 is 24.5 Å². The first-order valence-electron chi connectivity index (χ1n) is 12.5. The van der Waals surface area contributed by atoms with Crippen molar-refractivity contribution >= 4 is 11.9 Å². The number of carbonyl (C=O) groups is 2. The maximum atomic E-state index is 13.3. The van der Waals surface area contributed by atoms with Gasteiger partial charge < -0.3 is 25.2 Å². The van der Waals surface area contributed by atoms with E-state index in [4.69, 9.17) is 4.74 Å². The van der Waals surface area contributed by atoms with E-state index in [1.807, 2.05) is 13.8 Å². The van der Waals surface area contributed by atoms with Crippen molar-refractivity contribution in [2.24, 2.45) is 5.92 Å². The molecule has 1 saturated heterocycles. The Bertz CT molecular complexity index is 832. The summed E-state index contributed by atoms with van der Waals surface area (Å²) in [6.45, 7) is 9.14. The molecule has 2 atom stereocenters. The maximum absolute atomic E-state index is 13.3. The minimum Gasteiger partial charge on any atom is -0.508 e. The van der Waals surface area contributed by atoms with Crippen molar-refractivity contribution in [3.8, 4) is 11.5 Å². The van der Waals surface area contributed by atoms with Gasteiger partial charge in [-0.05, 0) is 68.4 Å². The number of phenolic OH excluding ortho intramolecular Hbond substituents is 2. The molecule has 7 heteroatoms. The number of nitrogens with zero attached hydrogens (tertiary/aromatic N) is 1. The summed E-state index contributed by atoms with van der Waals surface area (Å²) in [5.74, 6) is -0.287. The lowest BCUT2D eigenvalue weighted by molar-refractivity contribution is -0.151. The highest BCUT2D eigenvalue weighted by atomic mass is 16.5. The van der Waals surface area contributed by atoms with Crippen LogP contribution in [0.1, 0.15) is 94.5 Å². The molecule has 1 aliphatic heterocycles. The number of benzene rings is 1. The molecule has 0 spiro atoms. The molecule has 0 bridgehead atoms. The molecule has 2 fully saturated rings. The van der Waals surface area contributed by atoms with Gasteiger partial charge in [-0.1, -0.05) is 27.7 Å². The highest BCUT2D eigenvalue weighted by Crippen LogP contribution is 2.34. The van der Waals surface area contributed by atoms with Gasteiger partial charge in [-0.25, -0.2) is 0 Å². The maximum Gasteiger partial charge on any atom is 0.323 e. The topological polar surface area (TPSA) is 99.1 Å². The molecule has 1 heterocycles. The van der Waals surface area contributed by atoms with Crippen molar-refractivity contribution in [3.63, 3.8) is 0 Å². The van der Waals surface area contributed by atoms with E-state index in [1.54, 1.807) is 11.0 Å². The van der Waals surface area contributed by atoms with Gasteiger partial charge in [0, 0.05) is 25.2 Å². The first-order chi connectivity index (χ1) is 15.7. The van der Waals surface area contributed by atoms with E-state index in [0.717, 1.165) is 38.5 Å². The van der Waals surface area contributed by atoms with Gasteiger partial charge in [0.15, 0.2) is 0 Å². The van der Waals surface area contributed by atoms with Gasteiger partial charge in [0.05, 0.1) is 5.56 Å². The summed E-state index contributed by atoms with van der Waals surface area (Å²) in [7, 11) is 0. The van der Waals surface area contributed by atoms with Crippen LogP contribution in [0.4, 0.5) is 0 Å². The van der Waals surface area contributed by atoms with Crippen LogP contribution in [0.5, 0.6) is 11.5 Å². The largest absolute Gasteiger partial charge is 0.508 e. The van der Waals surface area contributed by atoms with Gasteiger partial charge in [-0.2, -0.15) is 0 Å². The molecule has 1 aromatic carbocycles. The summed E-state index contributed by atoms with van der Waals surface area (Å²) in [5.41, 5.74) is 0.847. The van der Waals surface area contributed by atoms with Crippen molar-refractivity contribution in [1.82, 2.24) is 10.2 Å². The van der Waals surface area contributed by atoms with Crippen molar-refractivity contribution in [2.45, 2.75) is 96.7 Å². The molecule has 1 saturated carbocycles. The van der Waals surface area contributed by atoms with Gasteiger partial charge >= 0.3 is 5.97 Å². The molecule has 1 aliphatic carbocycles. The summed E-state index contributed by atoms with van der Waals surface area (Å²) < 4.78 is 5.76. The fraction of sp³-hybridized carbons (Fsp3) is 0.692. The Labute approximate surface area is 197 Å². The second-order valence-corrected chi connectivity index (χ2v) is 10.3. The summed E-state index contributed by atoms with van der Waals surface area (Å²) in [5, 5.41) is 23.9. The Kier molecular flexibility index (Phi) is 8.63. The van der Waals surface area contributed by atoms with Crippen LogP contribution in [-0.2, 0) is 9.53 Å². The highest BCUT2D eigenvalue weighted by Gasteiger charge is 2.33. The van der Waals surface area contributed by atoms with Gasteiger partial charge in [-0.3, -0.25) is 9.59 Å². The number of rotatable bonds is 9. The Balaban J connectivity index is 1.68. The minimum absolute atomic E-state index is 0.00371. The van der Waals surface area contributed by atoms with Gasteiger partial charge in [0.2, 0.25) is 0 Å². The Hall–Kier alpha value is -2.28. The second kappa shape index (κ2) is 11.2. The molecule has 0 radical (unpaired) electrons. The zero-order chi connectivity index (χ0) is 24.1. The molecule has 0 aromatic heterocycles. The number of esters is 1. The van der Waals surface area contributed by atoms with Crippen LogP contribution < -0.4 is 5.32 Å². The van der Waals surface area contributed by atoms with E-state index >= 15 is 0 Å². The first-order valence-corrected chi connectivity index (χ1v) is 12.5. The monoisotopic (exact) mass is 460 g/mol. The molecule has 3 rings (SSSR count). The summed E-state index contributed by atoms with van der Waals surface area (Å²) in [4.78, 5) is 27.9. The third kappa shape index (κ3) is 6.40. The van der Waals surface area contributed by atoms with Crippen LogP contribution >= 0.6 is 0 Å². The molecular weight excluding hydrogens is 420 g/mol. The number of amides is 1. The van der Waals surface area contributed by atoms with Crippen LogP contribution in [0.3, 0.4) is 0 Å². The van der Waals surface area contributed by atoms with Crippen molar-refractivity contribution in [3.05, 3.63) is 23.3 Å². The highest BCUT2D eigenvalue weighted by molar-refractivity contribution is 5.97. The fourth-order valence-corrected chi connectivity index (χ4v) is 4.96. The molecule has 2 aliphatic rings. The summed E-state index contributed by atoms with van der Waals surface area (Å²) >= 11 is 0. The number of ether oxygens (including phenoxy) is 1. The number of hydrogen-bond donors (Lipinski definition) is 3. The first kappa shape index (κ1) is 25.3. The van der Waals surface area contributed by atoms with E-state index in [9.17, 15) is 19.8 Å². The molecule has 1 aromatic rings. The number of hydrogen-bond acceptors (Lipinski definition) is 6. The predicted octanol–water partition coefficient (Wildman–Crippen LogP) is 4.32. The smallest absolute Gasteiger partial charge is 0.323 e. The van der Waals surface area contributed by atoms with Crippen molar-refractivity contribution in [2.75, 3.05) is 13.1 Å². The zero-order valence-electron chi connectivity index (χ0n) is 20.5. The number of likely N-dealkylation sites (tertiary alicyclic amines) is 1. The molecule has 3 N–H and O–H groups in total.